The van der Waals surface area contributed by atoms with Crippen LogP contribution in [0.5, 0.6) is 0 Å². The first-order valence-corrected chi connectivity index (χ1v) is 12.4. The minimum atomic E-state index is -1.32. The Labute approximate surface area is 220 Å². The van der Waals surface area contributed by atoms with E-state index >= 15 is 0 Å². The Kier molecular flexibility index (Phi) is 14.3. The quantitative estimate of drug-likeness (QED) is 0.126. The second-order valence-electron chi connectivity index (χ2n) is 9.52. The summed E-state index contributed by atoms with van der Waals surface area (Å²) < 4.78 is 0. The third kappa shape index (κ3) is 12.8. The van der Waals surface area contributed by atoms with Crippen molar-refractivity contribution in [2.75, 3.05) is 52.9 Å². The number of hydrogen-bond acceptors (Lipinski definition) is 10. The van der Waals surface area contributed by atoms with E-state index in [1.54, 1.807) is 0 Å². The molecule has 0 radical (unpaired) electrons. The van der Waals surface area contributed by atoms with Gasteiger partial charge in [-0.1, -0.05) is 0 Å². The summed E-state index contributed by atoms with van der Waals surface area (Å²) >= 11 is 0. The molecule has 5 N–H and O–H groups in total. The van der Waals surface area contributed by atoms with Crippen LogP contribution in [0.4, 0.5) is 0 Å². The predicted octanol–water partition coefficient (Wildman–Crippen LogP) is -1.53. The van der Waals surface area contributed by atoms with Crippen molar-refractivity contribution < 1.29 is 48.9 Å². The number of piperazine rings is 1. The van der Waals surface area contributed by atoms with Gasteiger partial charge in [0.15, 0.2) is 0 Å². The van der Waals surface area contributed by atoms with Gasteiger partial charge < -0.3 is 30.7 Å². The summed E-state index contributed by atoms with van der Waals surface area (Å²) in [5, 5.41) is 32.8. The highest BCUT2D eigenvalue weighted by molar-refractivity contribution is 5.91. The molecule has 0 aromatic rings. The molecule has 1 saturated heterocycles. The highest BCUT2D eigenvalue weighted by atomic mass is 16.4. The molecule has 0 bridgehead atoms. The van der Waals surface area contributed by atoms with Crippen LogP contribution >= 0.6 is 0 Å². The van der Waals surface area contributed by atoms with Gasteiger partial charge in [0.25, 0.3) is 0 Å². The number of carbonyl (C=O) groups excluding carboxylic acids is 4. The van der Waals surface area contributed by atoms with Crippen molar-refractivity contribution in [2.45, 2.75) is 45.1 Å². The molecule has 0 aromatic heterocycles. The number of likely N-dealkylation sites (N-methyl/N-ethyl adjacent to an activating group) is 1. The number of carboxylic acids is 3. The van der Waals surface area contributed by atoms with Crippen molar-refractivity contribution in [3.8, 4) is 0 Å². The van der Waals surface area contributed by atoms with Crippen LogP contribution in [0.3, 0.4) is 0 Å². The fraction of sp³-hybridized carbons (Fsp3) is 0.708. The molecule has 1 amide bonds. The molecule has 1 rings (SSSR count). The largest absolute Gasteiger partial charge is 0.481 e. The second-order valence-corrected chi connectivity index (χ2v) is 9.52. The Hall–Kier alpha value is -3.23. The van der Waals surface area contributed by atoms with E-state index in [1.165, 1.54) is 14.0 Å². The van der Waals surface area contributed by atoms with Crippen LogP contribution in [0.25, 0.3) is 0 Å². The Bertz CT molecular complexity index is 885. The van der Waals surface area contributed by atoms with Crippen LogP contribution in [0.15, 0.2) is 0 Å². The van der Waals surface area contributed by atoms with E-state index in [-0.39, 0.29) is 37.5 Å². The molecule has 0 spiro atoms. The highest BCUT2D eigenvalue weighted by Crippen LogP contribution is 2.17. The molecule has 38 heavy (non-hydrogen) atoms. The van der Waals surface area contributed by atoms with E-state index in [1.807, 2.05) is 4.90 Å². The summed E-state index contributed by atoms with van der Waals surface area (Å²) in [5.74, 6) is -7.95. The fourth-order valence-corrected chi connectivity index (χ4v) is 4.16. The van der Waals surface area contributed by atoms with Gasteiger partial charge in [0.2, 0.25) is 5.91 Å². The first-order chi connectivity index (χ1) is 17.8. The summed E-state index contributed by atoms with van der Waals surface area (Å²) in [5.41, 5.74) is 0. The SMILES string of the molecule is CN[C@@H](CC(=O)NCCN1CCN(CC(=O)C[C@@H](CC(=O)C[C@@H](CC(C)=O)C(=O)O)C(=O)O)CC1)C(=O)O. The predicted molar refractivity (Wildman–Crippen MR) is 132 cm³/mol. The molecular weight excluding hydrogens is 504 g/mol. The number of carbonyl (C=O) groups is 7. The number of nitrogens with one attached hydrogen (secondary N) is 2. The van der Waals surface area contributed by atoms with Crippen molar-refractivity contribution in [3.63, 3.8) is 0 Å². The van der Waals surface area contributed by atoms with Gasteiger partial charge in [0.05, 0.1) is 24.8 Å². The number of rotatable bonds is 19. The monoisotopic (exact) mass is 542 g/mol. The van der Waals surface area contributed by atoms with Crippen molar-refractivity contribution in [1.82, 2.24) is 20.4 Å². The zero-order chi connectivity index (χ0) is 28.8. The summed E-state index contributed by atoms with van der Waals surface area (Å²) in [7, 11) is 1.47. The molecule has 0 aromatic carbocycles. The number of nitrogens with zero attached hydrogens (tertiary/aromatic N) is 2. The Morgan fingerprint density at radius 3 is 1.68 bits per heavy atom. The topological polar surface area (TPSA) is 211 Å². The number of carboxylic acid groups (broad SMARTS) is 3. The zero-order valence-corrected chi connectivity index (χ0v) is 21.8. The molecule has 0 saturated carbocycles. The van der Waals surface area contributed by atoms with E-state index in [2.05, 4.69) is 15.5 Å². The van der Waals surface area contributed by atoms with Gasteiger partial charge in [0, 0.05) is 65.0 Å². The molecule has 1 fully saturated rings. The summed E-state index contributed by atoms with van der Waals surface area (Å²) in [4.78, 5) is 85.6. The number of amides is 1. The maximum atomic E-state index is 12.5. The number of hydrogen-bond donors (Lipinski definition) is 5. The van der Waals surface area contributed by atoms with Crippen molar-refractivity contribution in [2.24, 2.45) is 11.8 Å². The molecule has 1 aliphatic heterocycles. The third-order valence-corrected chi connectivity index (χ3v) is 6.31. The molecule has 14 heteroatoms. The van der Waals surface area contributed by atoms with E-state index < -0.39 is 60.2 Å². The van der Waals surface area contributed by atoms with Crippen molar-refractivity contribution in [1.29, 1.82) is 0 Å². The van der Waals surface area contributed by atoms with Gasteiger partial charge >= 0.3 is 17.9 Å². The lowest BCUT2D eigenvalue weighted by atomic mass is 9.90. The van der Waals surface area contributed by atoms with Gasteiger partial charge in [-0.3, -0.25) is 38.6 Å². The molecule has 0 unspecified atom stereocenters. The van der Waals surface area contributed by atoms with E-state index in [4.69, 9.17) is 10.2 Å². The summed E-state index contributed by atoms with van der Waals surface area (Å²) in [6, 6.07) is -0.955. The minimum absolute atomic E-state index is 0.0191. The molecule has 14 nitrogen and oxygen atoms in total. The maximum absolute atomic E-state index is 12.5. The molecule has 3 atom stereocenters. The van der Waals surface area contributed by atoms with Crippen LogP contribution < -0.4 is 10.6 Å². The van der Waals surface area contributed by atoms with Gasteiger partial charge in [-0.05, 0) is 14.0 Å². The van der Waals surface area contributed by atoms with Gasteiger partial charge in [0.1, 0.15) is 23.4 Å². The van der Waals surface area contributed by atoms with E-state index in [0.29, 0.717) is 39.3 Å². The zero-order valence-electron chi connectivity index (χ0n) is 21.8. The smallest absolute Gasteiger partial charge is 0.321 e. The number of Topliss-reactive ketones (excluding diaryl/α,β-unsaturated/α-hetero) is 3. The Balaban J connectivity index is 2.41. The molecule has 0 aliphatic carbocycles. The molecule has 1 heterocycles. The fourth-order valence-electron chi connectivity index (χ4n) is 4.16. The average molecular weight is 543 g/mol. The Morgan fingerprint density at radius 1 is 0.711 bits per heavy atom. The highest BCUT2D eigenvalue weighted by Gasteiger charge is 2.29. The second kappa shape index (κ2) is 16.6. The van der Waals surface area contributed by atoms with Crippen LogP contribution in [0.2, 0.25) is 0 Å². The van der Waals surface area contributed by atoms with Crippen LogP contribution in [-0.4, -0.2) is 125 Å². The number of ketones is 3. The molecular formula is C24H38N4O10. The molecule has 1 aliphatic rings. The first kappa shape index (κ1) is 32.8. The summed E-state index contributed by atoms with van der Waals surface area (Å²) in [6.45, 7) is 4.44. The minimum Gasteiger partial charge on any atom is -0.481 e. The lowest BCUT2D eigenvalue weighted by Gasteiger charge is -2.34. The van der Waals surface area contributed by atoms with Crippen molar-refractivity contribution in [3.05, 3.63) is 0 Å². The first-order valence-electron chi connectivity index (χ1n) is 12.4. The van der Waals surface area contributed by atoms with Gasteiger partial charge in [-0.2, -0.15) is 0 Å². The summed E-state index contributed by atoms with van der Waals surface area (Å²) in [6.07, 6.45) is -1.81. The Morgan fingerprint density at radius 2 is 1.21 bits per heavy atom. The third-order valence-electron chi connectivity index (χ3n) is 6.31. The standard InChI is InChI=1S/C24H38N4O10/c1-15(29)9-16(22(33)34)10-18(30)11-17(23(35)36)12-19(31)14-28-7-5-27(6-8-28)4-3-26-21(32)13-20(25-2)24(37)38/h16-17,20,25H,3-14H2,1-2H3,(H,26,32)(H,33,34)(H,35,36)(H,37,38)/t16-,17-,20+/m1/s1. The average Bonchev–Trinajstić information content (AvgIpc) is 2.82. The van der Waals surface area contributed by atoms with Gasteiger partial charge in [-0.15, -0.1) is 0 Å². The molecule has 214 valence electrons. The van der Waals surface area contributed by atoms with E-state index in [9.17, 15) is 38.7 Å². The van der Waals surface area contributed by atoms with Gasteiger partial charge in [-0.25, -0.2) is 0 Å². The van der Waals surface area contributed by atoms with Crippen LogP contribution in [0.1, 0.15) is 39.0 Å². The lowest BCUT2D eigenvalue weighted by Crippen LogP contribution is -2.50. The van der Waals surface area contributed by atoms with Crippen LogP contribution in [-0.2, 0) is 33.6 Å². The normalized spacial score (nSPS) is 16.7. The maximum Gasteiger partial charge on any atom is 0.321 e. The van der Waals surface area contributed by atoms with Crippen LogP contribution in [0, 0.1) is 11.8 Å². The van der Waals surface area contributed by atoms with E-state index in [0.717, 1.165) is 0 Å². The van der Waals surface area contributed by atoms with Crippen molar-refractivity contribution >= 4 is 41.2 Å². The lowest BCUT2D eigenvalue weighted by molar-refractivity contribution is -0.147. The number of aliphatic carboxylic acids is 3.